The summed E-state index contributed by atoms with van der Waals surface area (Å²) in [6, 6.07) is 0. The van der Waals surface area contributed by atoms with Crippen molar-refractivity contribution in [3.8, 4) is 0 Å². The van der Waals surface area contributed by atoms with Gasteiger partial charge in [-0.15, -0.1) is 0 Å². The predicted molar refractivity (Wildman–Crippen MR) is 144 cm³/mol. The lowest BCUT2D eigenvalue weighted by Gasteiger charge is -2.15. The van der Waals surface area contributed by atoms with Gasteiger partial charge in [0.15, 0.2) is 0 Å². The molecular formula is C30H58O4. The molecule has 0 N–H and O–H groups in total. The van der Waals surface area contributed by atoms with Crippen molar-refractivity contribution in [1.82, 2.24) is 0 Å². The van der Waals surface area contributed by atoms with E-state index >= 15 is 0 Å². The van der Waals surface area contributed by atoms with Crippen LogP contribution in [0.1, 0.15) is 168 Å². The molecule has 0 aromatic rings. The molecule has 0 aromatic heterocycles. The second-order valence-electron chi connectivity index (χ2n) is 10.0. The minimum atomic E-state index is -0.137. The Bertz CT molecular complexity index is 449. The Morgan fingerprint density at radius 1 is 0.529 bits per heavy atom. The van der Waals surface area contributed by atoms with E-state index in [1.54, 1.807) is 0 Å². The molecule has 1 unspecified atom stereocenters. The molecule has 0 saturated carbocycles. The van der Waals surface area contributed by atoms with Crippen LogP contribution < -0.4 is 0 Å². The topological polar surface area (TPSA) is 52.6 Å². The highest BCUT2D eigenvalue weighted by molar-refractivity contribution is 5.70. The van der Waals surface area contributed by atoms with Crippen LogP contribution in [0.4, 0.5) is 0 Å². The normalized spacial score (nSPS) is 12.0. The van der Waals surface area contributed by atoms with Gasteiger partial charge in [-0.2, -0.15) is 0 Å². The van der Waals surface area contributed by atoms with Crippen molar-refractivity contribution in [2.75, 3.05) is 6.61 Å². The van der Waals surface area contributed by atoms with Crippen LogP contribution in [0.25, 0.3) is 0 Å². The number of hydrogen-bond acceptors (Lipinski definition) is 4. The Morgan fingerprint density at radius 2 is 0.971 bits per heavy atom. The van der Waals surface area contributed by atoms with Gasteiger partial charge in [-0.3, -0.25) is 9.59 Å². The molecule has 0 aliphatic carbocycles. The van der Waals surface area contributed by atoms with Gasteiger partial charge in [0, 0.05) is 12.8 Å². The van der Waals surface area contributed by atoms with E-state index in [0.29, 0.717) is 32.3 Å². The van der Waals surface area contributed by atoms with Gasteiger partial charge in [0.25, 0.3) is 0 Å². The molecule has 4 nitrogen and oxygen atoms in total. The van der Waals surface area contributed by atoms with Gasteiger partial charge in [0.2, 0.25) is 0 Å². The highest BCUT2D eigenvalue weighted by atomic mass is 16.5. The average Bonchev–Trinajstić information content (AvgIpc) is 2.83. The molecule has 4 heteroatoms. The number of hydrogen-bond donors (Lipinski definition) is 0. The minimum absolute atomic E-state index is 0.0437. The Labute approximate surface area is 212 Å². The quantitative estimate of drug-likeness (QED) is 0.0909. The summed E-state index contributed by atoms with van der Waals surface area (Å²) < 4.78 is 10.8. The maximum atomic E-state index is 11.8. The van der Waals surface area contributed by atoms with Crippen molar-refractivity contribution < 1.29 is 19.1 Å². The Balaban J connectivity index is 3.31. The van der Waals surface area contributed by atoms with Gasteiger partial charge in [-0.1, -0.05) is 124 Å². The van der Waals surface area contributed by atoms with Gasteiger partial charge >= 0.3 is 11.9 Å². The molecule has 0 rings (SSSR count). The van der Waals surface area contributed by atoms with Crippen LogP contribution in [-0.2, 0) is 19.1 Å². The fraction of sp³-hybridized carbons (Fsp3) is 0.933. The van der Waals surface area contributed by atoms with Crippen LogP contribution in [-0.4, -0.2) is 24.6 Å². The fourth-order valence-corrected chi connectivity index (χ4v) is 4.36. The van der Waals surface area contributed by atoms with E-state index in [4.69, 9.17) is 9.47 Å². The van der Waals surface area contributed by atoms with E-state index in [1.807, 2.05) is 6.92 Å². The third-order valence-electron chi connectivity index (χ3n) is 6.64. The summed E-state index contributed by atoms with van der Waals surface area (Å²) in [5.41, 5.74) is 0. The zero-order valence-corrected chi connectivity index (χ0v) is 23.2. The van der Waals surface area contributed by atoms with Crippen molar-refractivity contribution in [3.05, 3.63) is 0 Å². The number of esters is 2. The predicted octanol–water partition coefficient (Wildman–Crippen LogP) is 9.47. The number of carbonyl (C=O) groups is 2. The van der Waals surface area contributed by atoms with E-state index in [9.17, 15) is 9.59 Å². The van der Waals surface area contributed by atoms with Crippen molar-refractivity contribution in [2.45, 2.75) is 175 Å². The molecule has 0 amide bonds. The summed E-state index contributed by atoms with van der Waals surface area (Å²) in [5, 5.41) is 0. The summed E-state index contributed by atoms with van der Waals surface area (Å²) >= 11 is 0. The first-order valence-electron chi connectivity index (χ1n) is 15.0. The van der Waals surface area contributed by atoms with Crippen LogP contribution in [0.2, 0.25) is 0 Å². The highest BCUT2D eigenvalue weighted by Crippen LogP contribution is 2.14. The zero-order valence-electron chi connectivity index (χ0n) is 23.2. The van der Waals surface area contributed by atoms with Crippen LogP contribution in [0, 0.1) is 0 Å². The standard InChI is InChI=1S/C30H58O4/c1-4-7-8-9-10-11-12-13-14-15-16-17-18-19-20-23-27-33-29(31)25-21-22-26-30(32)34-28(6-3)24-5-2/h28H,4-27H2,1-3H3. The van der Waals surface area contributed by atoms with E-state index in [2.05, 4.69) is 13.8 Å². The summed E-state index contributed by atoms with van der Waals surface area (Å²) in [6.45, 7) is 6.96. The van der Waals surface area contributed by atoms with Crippen LogP contribution in [0.15, 0.2) is 0 Å². The molecular weight excluding hydrogens is 424 g/mol. The second-order valence-corrected chi connectivity index (χ2v) is 10.0. The number of ether oxygens (including phenoxy) is 2. The molecule has 0 fully saturated rings. The van der Waals surface area contributed by atoms with Crippen LogP contribution >= 0.6 is 0 Å². The molecule has 0 aromatic carbocycles. The highest BCUT2D eigenvalue weighted by Gasteiger charge is 2.12. The molecule has 0 aliphatic rings. The number of carbonyl (C=O) groups excluding carboxylic acids is 2. The lowest BCUT2D eigenvalue weighted by Crippen LogP contribution is -2.17. The Kier molecular flexibility index (Phi) is 25.7. The smallest absolute Gasteiger partial charge is 0.306 e. The maximum absolute atomic E-state index is 11.8. The van der Waals surface area contributed by atoms with E-state index in [-0.39, 0.29) is 18.0 Å². The minimum Gasteiger partial charge on any atom is -0.466 e. The molecule has 0 bridgehead atoms. The first-order chi connectivity index (χ1) is 16.6. The summed E-state index contributed by atoms with van der Waals surface area (Å²) in [7, 11) is 0. The zero-order chi connectivity index (χ0) is 25.1. The fourth-order valence-electron chi connectivity index (χ4n) is 4.36. The van der Waals surface area contributed by atoms with Gasteiger partial charge in [-0.25, -0.2) is 0 Å². The van der Waals surface area contributed by atoms with Crippen LogP contribution in [0.3, 0.4) is 0 Å². The van der Waals surface area contributed by atoms with E-state index < -0.39 is 0 Å². The lowest BCUT2D eigenvalue weighted by atomic mass is 10.0. The Morgan fingerprint density at radius 3 is 1.41 bits per heavy atom. The summed E-state index contributed by atoms with van der Waals surface area (Å²) in [4.78, 5) is 23.7. The van der Waals surface area contributed by atoms with Crippen molar-refractivity contribution in [3.63, 3.8) is 0 Å². The molecule has 0 radical (unpaired) electrons. The number of rotatable bonds is 26. The third kappa shape index (κ3) is 24.1. The molecule has 34 heavy (non-hydrogen) atoms. The van der Waals surface area contributed by atoms with Gasteiger partial charge in [-0.05, 0) is 32.1 Å². The van der Waals surface area contributed by atoms with Gasteiger partial charge < -0.3 is 9.47 Å². The summed E-state index contributed by atoms with van der Waals surface area (Å²) in [5.74, 6) is -0.270. The average molecular weight is 483 g/mol. The Hall–Kier alpha value is -1.06. The van der Waals surface area contributed by atoms with Gasteiger partial charge in [0.1, 0.15) is 6.10 Å². The van der Waals surface area contributed by atoms with Crippen molar-refractivity contribution in [2.24, 2.45) is 0 Å². The van der Waals surface area contributed by atoms with Crippen molar-refractivity contribution >= 4 is 11.9 Å². The first-order valence-corrected chi connectivity index (χ1v) is 15.0. The molecule has 1 atom stereocenters. The van der Waals surface area contributed by atoms with E-state index in [0.717, 1.165) is 32.1 Å². The largest absolute Gasteiger partial charge is 0.466 e. The monoisotopic (exact) mass is 482 g/mol. The molecule has 202 valence electrons. The summed E-state index contributed by atoms with van der Waals surface area (Å²) in [6.07, 6.45) is 26.5. The lowest BCUT2D eigenvalue weighted by molar-refractivity contribution is -0.150. The van der Waals surface area contributed by atoms with Crippen molar-refractivity contribution in [1.29, 1.82) is 0 Å². The molecule has 0 aliphatic heterocycles. The first kappa shape index (κ1) is 32.9. The van der Waals surface area contributed by atoms with Gasteiger partial charge in [0.05, 0.1) is 6.61 Å². The molecule has 0 saturated heterocycles. The third-order valence-corrected chi connectivity index (χ3v) is 6.64. The second kappa shape index (κ2) is 26.5. The maximum Gasteiger partial charge on any atom is 0.306 e. The SMILES string of the molecule is CCCCCCCCCCCCCCCCCCOC(=O)CCCCC(=O)OC(CC)CCC. The van der Waals surface area contributed by atoms with Crippen LogP contribution in [0.5, 0.6) is 0 Å². The molecule has 0 heterocycles. The molecule has 0 spiro atoms. The number of unbranched alkanes of at least 4 members (excludes halogenated alkanes) is 16. The van der Waals surface area contributed by atoms with E-state index in [1.165, 1.54) is 89.9 Å².